The molecular formula is C14H19N3O3. The third-order valence-corrected chi connectivity index (χ3v) is 3.41. The third kappa shape index (κ3) is 3.34. The van der Waals surface area contributed by atoms with E-state index in [0.29, 0.717) is 17.9 Å². The largest absolute Gasteiger partial charge is 0.375 e. The van der Waals surface area contributed by atoms with Crippen molar-refractivity contribution in [1.29, 1.82) is 0 Å². The van der Waals surface area contributed by atoms with E-state index in [1.54, 1.807) is 24.3 Å². The molecule has 1 aliphatic carbocycles. The van der Waals surface area contributed by atoms with Gasteiger partial charge in [0.15, 0.2) is 0 Å². The summed E-state index contributed by atoms with van der Waals surface area (Å²) in [6.07, 6.45) is 1.67. The Hall–Kier alpha value is -1.92. The van der Waals surface area contributed by atoms with Crippen LogP contribution in [0, 0.1) is 5.41 Å². The summed E-state index contributed by atoms with van der Waals surface area (Å²) in [6, 6.07) is 6.99. The van der Waals surface area contributed by atoms with Crippen LogP contribution in [-0.4, -0.2) is 32.1 Å². The standard InChI is InChI=1S/C14H19N3O3/c1-20-8-12(18)16-10-3-2-4-11(7-10)17-13(19)14(9-15)5-6-14/h2-4,7H,5-6,8-9,15H2,1H3,(H,16,18)(H,17,19). The molecular weight excluding hydrogens is 258 g/mol. The van der Waals surface area contributed by atoms with Crippen molar-refractivity contribution in [2.75, 3.05) is 30.9 Å². The molecule has 2 amide bonds. The molecule has 2 rings (SSSR count). The lowest BCUT2D eigenvalue weighted by molar-refractivity contribution is -0.121. The molecule has 6 heteroatoms. The van der Waals surface area contributed by atoms with Crippen LogP contribution >= 0.6 is 0 Å². The summed E-state index contributed by atoms with van der Waals surface area (Å²) in [5, 5.41) is 5.52. The van der Waals surface area contributed by atoms with Gasteiger partial charge in [-0.15, -0.1) is 0 Å². The van der Waals surface area contributed by atoms with Gasteiger partial charge in [-0.2, -0.15) is 0 Å². The van der Waals surface area contributed by atoms with Crippen LogP contribution in [0.4, 0.5) is 11.4 Å². The number of carbonyl (C=O) groups is 2. The molecule has 0 saturated heterocycles. The van der Waals surface area contributed by atoms with Crippen LogP contribution in [0.15, 0.2) is 24.3 Å². The lowest BCUT2D eigenvalue weighted by Gasteiger charge is -2.13. The minimum atomic E-state index is -0.394. The van der Waals surface area contributed by atoms with Crippen LogP contribution in [0.3, 0.4) is 0 Å². The first-order valence-electron chi connectivity index (χ1n) is 6.50. The Balaban J connectivity index is 1.99. The van der Waals surface area contributed by atoms with Crippen molar-refractivity contribution in [2.24, 2.45) is 11.1 Å². The minimum absolute atomic E-state index is 0.00707. The summed E-state index contributed by atoms with van der Waals surface area (Å²) in [4.78, 5) is 23.5. The number of hydrogen-bond donors (Lipinski definition) is 3. The van der Waals surface area contributed by atoms with E-state index in [2.05, 4.69) is 10.6 Å². The predicted molar refractivity (Wildman–Crippen MR) is 76.3 cm³/mol. The fraction of sp³-hybridized carbons (Fsp3) is 0.429. The Morgan fingerprint density at radius 2 is 1.95 bits per heavy atom. The number of nitrogens with one attached hydrogen (secondary N) is 2. The number of hydrogen-bond acceptors (Lipinski definition) is 4. The van der Waals surface area contributed by atoms with E-state index in [1.165, 1.54) is 7.11 Å². The maximum atomic E-state index is 12.1. The molecule has 1 aliphatic rings. The van der Waals surface area contributed by atoms with Gasteiger partial charge in [0, 0.05) is 25.0 Å². The van der Waals surface area contributed by atoms with Gasteiger partial charge in [-0.25, -0.2) is 0 Å². The second kappa shape index (κ2) is 6.02. The molecule has 1 saturated carbocycles. The number of carbonyl (C=O) groups excluding carboxylic acids is 2. The van der Waals surface area contributed by atoms with Gasteiger partial charge in [0.2, 0.25) is 11.8 Å². The zero-order valence-electron chi connectivity index (χ0n) is 11.4. The quantitative estimate of drug-likeness (QED) is 0.721. The number of anilines is 2. The molecule has 0 bridgehead atoms. The number of nitrogens with two attached hydrogens (primary N) is 1. The van der Waals surface area contributed by atoms with Crippen molar-refractivity contribution in [1.82, 2.24) is 0 Å². The van der Waals surface area contributed by atoms with Crippen LogP contribution in [0.25, 0.3) is 0 Å². The maximum Gasteiger partial charge on any atom is 0.250 e. The molecule has 0 unspecified atom stereocenters. The van der Waals surface area contributed by atoms with E-state index < -0.39 is 5.41 Å². The van der Waals surface area contributed by atoms with Crippen molar-refractivity contribution in [3.05, 3.63) is 24.3 Å². The molecule has 1 aromatic carbocycles. The summed E-state index contributed by atoms with van der Waals surface area (Å²) in [7, 11) is 1.46. The molecule has 4 N–H and O–H groups in total. The Morgan fingerprint density at radius 3 is 2.50 bits per heavy atom. The molecule has 20 heavy (non-hydrogen) atoms. The van der Waals surface area contributed by atoms with Crippen LogP contribution in [0.1, 0.15) is 12.8 Å². The van der Waals surface area contributed by atoms with Gasteiger partial charge in [-0.1, -0.05) is 6.07 Å². The Labute approximate surface area is 117 Å². The zero-order valence-corrected chi connectivity index (χ0v) is 11.4. The van der Waals surface area contributed by atoms with Crippen molar-refractivity contribution >= 4 is 23.2 Å². The van der Waals surface area contributed by atoms with E-state index in [0.717, 1.165) is 12.8 Å². The van der Waals surface area contributed by atoms with Gasteiger partial charge in [0.1, 0.15) is 6.61 Å². The van der Waals surface area contributed by atoms with Gasteiger partial charge in [0.05, 0.1) is 5.41 Å². The van der Waals surface area contributed by atoms with E-state index >= 15 is 0 Å². The number of ether oxygens (including phenoxy) is 1. The van der Waals surface area contributed by atoms with Crippen LogP contribution < -0.4 is 16.4 Å². The fourth-order valence-electron chi connectivity index (χ4n) is 1.94. The second-order valence-corrected chi connectivity index (χ2v) is 5.00. The molecule has 1 aromatic rings. The monoisotopic (exact) mass is 277 g/mol. The average molecular weight is 277 g/mol. The number of methoxy groups -OCH3 is 1. The van der Waals surface area contributed by atoms with Crippen molar-refractivity contribution < 1.29 is 14.3 Å². The summed E-state index contributed by atoms with van der Waals surface area (Å²) in [5.41, 5.74) is 6.48. The molecule has 0 aromatic heterocycles. The van der Waals surface area contributed by atoms with Crippen LogP contribution in [-0.2, 0) is 14.3 Å². The highest BCUT2D eigenvalue weighted by atomic mass is 16.5. The molecule has 0 atom stereocenters. The highest BCUT2D eigenvalue weighted by molar-refractivity contribution is 5.98. The molecule has 1 fully saturated rings. The van der Waals surface area contributed by atoms with Crippen LogP contribution in [0.5, 0.6) is 0 Å². The lowest BCUT2D eigenvalue weighted by Crippen LogP contribution is -2.30. The summed E-state index contributed by atoms with van der Waals surface area (Å²) < 4.78 is 4.74. The van der Waals surface area contributed by atoms with Gasteiger partial charge in [0.25, 0.3) is 0 Å². The Bertz CT molecular complexity index is 512. The van der Waals surface area contributed by atoms with Gasteiger partial charge in [-0.05, 0) is 31.0 Å². The van der Waals surface area contributed by atoms with E-state index in [9.17, 15) is 9.59 Å². The van der Waals surface area contributed by atoms with E-state index in [1.807, 2.05) is 0 Å². The van der Waals surface area contributed by atoms with E-state index in [4.69, 9.17) is 10.5 Å². The number of benzene rings is 1. The van der Waals surface area contributed by atoms with E-state index in [-0.39, 0.29) is 18.4 Å². The summed E-state index contributed by atoms with van der Waals surface area (Å²) in [5.74, 6) is -0.294. The number of rotatable bonds is 6. The highest BCUT2D eigenvalue weighted by Crippen LogP contribution is 2.45. The summed E-state index contributed by atoms with van der Waals surface area (Å²) in [6.45, 7) is 0.357. The van der Waals surface area contributed by atoms with Gasteiger partial charge < -0.3 is 21.1 Å². The van der Waals surface area contributed by atoms with Crippen molar-refractivity contribution in [3.8, 4) is 0 Å². The zero-order chi connectivity index (χ0) is 14.6. The topological polar surface area (TPSA) is 93.5 Å². The first-order chi connectivity index (χ1) is 9.59. The highest BCUT2D eigenvalue weighted by Gasteiger charge is 2.48. The number of amides is 2. The SMILES string of the molecule is COCC(=O)Nc1cccc(NC(=O)C2(CN)CC2)c1. The van der Waals surface area contributed by atoms with Crippen LogP contribution in [0.2, 0.25) is 0 Å². The third-order valence-electron chi connectivity index (χ3n) is 3.41. The molecule has 108 valence electrons. The fourth-order valence-corrected chi connectivity index (χ4v) is 1.94. The molecule has 0 spiro atoms. The Kier molecular flexibility index (Phi) is 4.36. The molecule has 0 radical (unpaired) electrons. The van der Waals surface area contributed by atoms with Crippen molar-refractivity contribution in [2.45, 2.75) is 12.8 Å². The Morgan fingerprint density at radius 1 is 1.30 bits per heavy atom. The van der Waals surface area contributed by atoms with Crippen molar-refractivity contribution in [3.63, 3.8) is 0 Å². The first kappa shape index (κ1) is 14.5. The van der Waals surface area contributed by atoms with Gasteiger partial charge >= 0.3 is 0 Å². The van der Waals surface area contributed by atoms with Gasteiger partial charge in [-0.3, -0.25) is 9.59 Å². The smallest absolute Gasteiger partial charge is 0.250 e. The minimum Gasteiger partial charge on any atom is -0.375 e. The normalized spacial score (nSPS) is 15.5. The molecule has 0 aliphatic heterocycles. The molecule has 6 nitrogen and oxygen atoms in total. The first-order valence-corrected chi connectivity index (χ1v) is 6.50. The average Bonchev–Trinajstić information content (AvgIpc) is 3.20. The lowest BCUT2D eigenvalue weighted by atomic mass is 10.1. The second-order valence-electron chi connectivity index (χ2n) is 5.00. The maximum absolute atomic E-state index is 12.1. The summed E-state index contributed by atoms with van der Waals surface area (Å²) >= 11 is 0. The molecule has 0 heterocycles. The predicted octanol–water partition coefficient (Wildman–Crippen LogP) is 0.949.